The number of fused-ring (bicyclic) bond motifs is 1. The number of thioether (sulfide) groups is 1. The first-order valence-electron chi connectivity index (χ1n) is 8.96. The van der Waals surface area contributed by atoms with Gasteiger partial charge in [-0.15, -0.1) is 0 Å². The molecule has 0 aliphatic carbocycles. The van der Waals surface area contributed by atoms with Crippen molar-refractivity contribution in [1.29, 1.82) is 0 Å². The van der Waals surface area contributed by atoms with Gasteiger partial charge in [0.15, 0.2) is 10.7 Å². The number of aliphatic hydroxyl groups excluding tert-OH is 1. The molecule has 1 aliphatic rings. The molecule has 0 saturated carbocycles. The lowest BCUT2D eigenvalue weighted by Gasteiger charge is -2.25. The normalized spacial score (nSPS) is 16.1. The van der Waals surface area contributed by atoms with Gasteiger partial charge in [0.05, 0.1) is 6.61 Å². The minimum atomic E-state index is -0.876. The lowest BCUT2D eigenvalue weighted by Crippen LogP contribution is -2.32. The largest absolute Gasteiger partial charge is 0.485 e. The van der Waals surface area contributed by atoms with Gasteiger partial charge in [-0.3, -0.25) is 0 Å². The summed E-state index contributed by atoms with van der Waals surface area (Å²) in [6.45, 7) is 0.935. The molecule has 1 aliphatic heterocycles. The van der Waals surface area contributed by atoms with Crippen molar-refractivity contribution in [3.05, 3.63) is 35.2 Å². The molecule has 1 unspecified atom stereocenters. The van der Waals surface area contributed by atoms with Gasteiger partial charge in [0, 0.05) is 47.8 Å². The molecule has 0 radical (unpaired) electrons. The van der Waals surface area contributed by atoms with Crippen molar-refractivity contribution < 1.29 is 18.7 Å². The number of anilines is 1. The number of aliphatic hydroxyl groups is 1. The van der Waals surface area contributed by atoms with Gasteiger partial charge in [0.25, 0.3) is 0 Å². The Morgan fingerprint density at radius 3 is 2.96 bits per heavy atom. The highest BCUT2D eigenvalue weighted by atomic mass is 32.2. The maximum Gasteiger partial charge on any atom is 0.220 e. The van der Waals surface area contributed by atoms with E-state index in [4.69, 9.17) is 14.3 Å². The highest BCUT2D eigenvalue weighted by Crippen LogP contribution is 2.27. The molecule has 1 fully saturated rings. The van der Waals surface area contributed by atoms with E-state index in [1.807, 2.05) is 30.1 Å². The summed E-state index contributed by atoms with van der Waals surface area (Å²) < 4.78 is 23.8. The van der Waals surface area contributed by atoms with Crippen LogP contribution in [0, 0.1) is 0 Å². The molecule has 3 heterocycles. The second-order valence-corrected chi connectivity index (χ2v) is 8.50. The van der Waals surface area contributed by atoms with Gasteiger partial charge in [-0.25, -0.2) is 14.4 Å². The first-order chi connectivity index (χ1) is 13.7. The first-order valence-corrected chi connectivity index (χ1v) is 10.9. The molecule has 1 atom stereocenters. The second kappa shape index (κ2) is 8.93. The lowest BCUT2D eigenvalue weighted by atomic mass is 10.3. The summed E-state index contributed by atoms with van der Waals surface area (Å²) in [6, 6.07) is 5.08. The molecule has 148 valence electrons. The Hall–Kier alpha value is -2.10. The number of halogens is 1. The average Bonchev–Trinajstić information content (AvgIpc) is 3.37. The molecule has 1 saturated heterocycles. The number of oxazole rings is 1. The Morgan fingerprint density at radius 1 is 1.32 bits per heavy atom. The number of hydrogen-bond acceptors (Lipinski definition) is 8. The topological polar surface area (TPSA) is 71.6 Å². The van der Waals surface area contributed by atoms with Crippen LogP contribution in [0.25, 0.3) is 23.3 Å². The summed E-state index contributed by atoms with van der Waals surface area (Å²) in [5.74, 6) is 3.19. The van der Waals surface area contributed by atoms with E-state index in [1.165, 1.54) is 0 Å². The van der Waals surface area contributed by atoms with Gasteiger partial charge < -0.3 is 19.2 Å². The van der Waals surface area contributed by atoms with E-state index in [2.05, 4.69) is 14.9 Å². The number of nitrogens with zero attached hydrogens (tertiary/aromatic N) is 3. The molecule has 4 rings (SSSR count). The molecule has 2 aromatic heterocycles. The molecule has 6 nitrogen and oxygen atoms in total. The summed E-state index contributed by atoms with van der Waals surface area (Å²) in [5.41, 5.74) is 1.23. The molecule has 0 spiro atoms. The van der Waals surface area contributed by atoms with Crippen LogP contribution >= 0.6 is 23.1 Å². The van der Waals surface area contributed by atoms with Crippen LogP contribution < -0.4 is 9.64 Å². The number of aromatic nitrogens is 2. The van der Waals surface area contributed by atoms with Gasteiger partial charge in [-0.2, -0.15) is 11.8 Å². The molecule has 1 aromatic carbocycles. The number of ether oxygens (including phenoxy) is 1. The maximum atomic E-state index is 12.7. The Kier molecular flexibility index (Phi) is 6.13. The number of benzene rings is 1. The summed E-state index contributed by atoms with van der Waals surface area (Å²) in [6.07, 6.45) is 4.73. The molecule has 3 aromatic rings. The maximum absolute atomic E-state index is 12.7. The molecule has 0 amide bonds. The van der Waals surface area contributed by atoms with Crippen molar-refractivity contribution in [3.63, 3.8) is 0 Å². The van der Waals surface area contributed by atoms with Crippen molar-refractivity contribution in [2.24, 2.45) is 0 Å². The third-order valence-electron chi connectivity index (χ3n) is 4.24. The minimum absolute atomic E-state index is 0.383. The van der Waals surface area contributed by atoms with E-state index >= 15 is 0 Å². The fourth-order valence-corrected chi connectivity index (χ4v) is 4.56. The van der Waals surface area contributed by atoms with Crippen LogP contribution in [0.4, 0.5) is 9.52 Å². The van der Waals surface area contributed by atoms with E-state index in [9.17, 15) is 4.39 Å². The van der Waals surface area contributed by atoms with Crippen LogP contribution in [-0.4, -0.2) is 59.1 Å². The molecule has 28 heavy (non-hydrogen) atoms. The van der Waals surface area contributed by atoms with Gasteiger partial charge in [0.2, 0.25) is 5.89 Å². The van der Waals surface area contributed by atoms with Crippen molar-refractivity contribution >= 4 is 51.5 Å². The molecular formula is C19H20FN3O3S2. The SMILES string of the molecule is OCC(CF)Oc1ccc2nc(/C=C/c3cnc(N4CCSCC4)s3)oc2c1. The predicted molar refractivity (Wildman–Crippen MR) is 112 cm³/mol. The second-order valence-electron chi connectivity index (χ2n) is 6.24. The Morgan fingerprint density at radius 2 is 2.18 bits per heavy atom. The van der Waals surface area contributed by atoms with Crippen molar-refractivity contribution in [1.82, 2.24) is 9.97 Å². The Balaban J connectivity index is 1.46. The van der Waals surface area contributed by atoms with Crippen molar-refractivity contribution in [2.75, 3.05) is 42.8 Å². The fourth-order valence-electron chi connectivity index (χ4n) is 2.79. The van der Waals surface area contributed by atoms with E-state index in [-0.39, 0.29) is 6.61 Å². The van der Waals surface area contributed by atoms with E-state index < -0.39 is 12.8 Å². The Labute approximate surface area is 170 Å². The predicted octanol–water partition coefficient (Wildman–Crippen LogP) is 3.72. The van der Waals surface area contributed by atoms with Crippen molar-refractivity contribution in [2.45, 2.75) is 6.10 Å². The lowest BCUT2D eigenvalue weighted by molar-refractivity contribution is 0.0932. The number of alkyl halides is 1. The zero-order valence-electron chi connectivity index (χ0n) is 15.1. The highest BCUT2D eigenvalue weighted by Gasteiger charge is 2.14. The van der Waals surface area contributed by atoms with Crippen LogP contribution in [0.5, 0.6) is 5.75 Å². The third-order valence-corrected chi connectivity index (χ3v) is 6.20. The van der Waals surface area contributed by atoms with Crippen LogP contribution in [0.15, 0.2) is 28.8 Å². The van der Waals surface area contributed by atoms with Gasteiger partial charge in [-0.05, 0) is 18.2 Å². The smallest absolute Gasteiger partial charge is 0.220 e. The number of hydrogen-bond donors (Lipinski definition) is 1. The number of thiazole rings is 1. The van der Waals surface area contributed by atoms with Crippen LogP contribution in [-0.2, 0) is 0 Å². The van der Waals surface area contributed by atoms with Gasteiger partial charge >= 0.3 is 0 Å². The van der Waals surface area contributed by atoms with E-state index in [0.717, 1.165) is 34.6 Å². The molecule has 0 bridgehead atoms. The van der Waals surface area contributed by atoms with Gasteiger partial charge in [-0.1, -0.05) is 11.3 Å². The number of rotatable bonds is 7. The zero-order chi connectivity index (χ0) is 19.3. The van der Waals surface area contributed by atoms with E-state index in [0.29, 0.717) is 22.7 Å². The van der Waals surface area contributed by atoms with Crippen LogP contribution in [0.2, 0.25) is 0 Å². The summed E-state index contributed by atoms with van der Waals surface area (Å²) in [4.78, 5) is 12.3. The van der Waals surface area contributed by atoms with Crippen LogP contribution in [0.3, 0.4) is 0 Å². The third kappa shape index (κ3) is 4.48. The monoisotopic (exact) mass is 421 g/mol. The standard InChI is InChI=1S/C19H20FN3O3S2/c20-10-14(12-24)25-13-1-3-16-17(9-13)26-18(22-16)4-2-15-11-21-19(28-15)23-5-7-27-8-6-23/h1-4,9,11,14,24H,5-8,10,12H2/b4-2+. The van der Waals surface area contributed by atoms with E-state index in [1.54, 1.807) is 29.5 Å². The summed E-state index contributed by atoms with van der Waals surface area (Å²) in [7, 11) is 0. The average molecular weight is 422 g/mol. The highest BCUT2D eigenvalue weighted by molar-refractivity contribution is 7.99. The van der Waals surface area contributed by atoms with Gasteiger partial charge in [0.1, 0.15) is 24.0 Å². The zero-order valence-corrected chi connectivity index (χ0v) is 16.7. The minimum Gasteiger partial charge on any atom is -0.485 e. The van der Waals surface area contributed by atoms with Crippen molar-refractivity contribution in [3.8, 4) is 5.75 Å². The summed E-state index contributed by atoms with van der Waals surface area (Å²) >= 11 is 3.63. The molecule has 9 heteroatoms. The quantitative estimate of drug-likeness (QED) is 0.623. The summed E-state index contributed by atoms with van der Waals surface area (Å²) in [5, 5.41) is 10.1. The van der Waals surface area contributed by atoms with Crippen LogP contribution in [0.1, 0.15) is 10.8 Å². The molecular weight excluding hydrogens is 401 g/mol. The molecule has 1 N–H and O–H groups in total. The first kappa shape index (κ1) is 19.2. The fraction of sp³-hybridized carbons (Fsp3) is 0.368. The Bertz CT molecular complexity index is 949.